The molecule has 0 fully saturated rings. The smallest absolute Gasteiger partial charge is 0.219 e. The van der Waals surface area contributed by atoms with Gasteiger partial charge in [0.2, 0.25) is 5.91 Å². The van der Waals surface area contributed by atoms with E-state index >= 15 is 0 Å². The number of carbonyl (C=O) groups excluding carboxylic acids is 1. The van der Waals surface area contributed by atoms with Gasteiger partial charge < -0.3 is 16.8 Å². The van der Waals surface area contributed by atoms with E-state index in [4.69, 9.17) is 23.7 Å². The minimum atomic E-state index is -0.358. The zero-order chi connectivity index (χ0) is 11.3. The number of anilines is 1. The van der Waals surface area contributed by atoms with Gasteiger partial charge in [0.15, 0.2) is 0 Å². The summed E-state index contributed by atoms with van der Waals surface area (Å²) in [6.45, 7) is 0.441. The lowest BCUT2D eigenvalue weighted by atomic mass is 10.3. The van der Waals surface area contributed by atoms with Crippen molar-refractivity contribution in [3.63, 3.8) is 0 Å². The number of carbonyl (C=O) groups is 1. The molecule has 80 valence electrons. The van der Waals surface area contributed by atoms with Crippen molar-refractivity contribution in [3.8, 4) is 0 Å². The maximum Gasteiger partial charge on any atom is 0.219 e. The first-order valence-corrected chi connectivity index (χ1v) is 4.79. The lowest BCUT2D eigenvalue weighted by Crippen LogP contribution is -2.19. The molecule has 0 radical (unpaired) electrons. The first-order chi connectivity index (χ1) is 7.11. The van der Waals surface area contributed by atoms with E-state index in [1.807, 2.05) is 0 Å². The van der Waals surface area contributed by atoms with Gasteiger partial charge in [-0.05, 0) is 12.1 Å². The van der Waals surface area contributed by atoms with Crippen LogP contribution in [-0.2, 0) is 4.79 Å². The SMILES string of the molecule is NC(=O)CCNc1cccnc1C(N)=S. The molecule has 5 nitrogen and oxygen atoms in total. The molecule has 1 rings (SSSR count). The van der Waals surface area contributed by atoms with E-state index in [1.54, 1.807) is 18.3 Å². The van der Waals surface area contributed by atoms with Crippen LogP contribution in [0.15, 0.2) is 18.3 Å². The summed E-state index contributed by atoms with van der Waals surface area (Å²) in [7, 11) is 0. The number of amides is 1. The molecule has 1 amide bonds. The molecule has 1 heterocycles. The van der Waals surface area contributed by atoms with E-state index in [0.29, 0.717) is 17.9 Å². The molecule has 0 aliphatic carbocycles. The molecule has 0 saturated carbocycles. The third-order valence-corrected chi connectivity index (χ3v) is 1.92. The highest BCUT2D eigenvalue weighted by molar-refractivity contribution is 7.80. The van der Waals surface area contributed by atoms with E-state index in [1.165, 1.54) is 0 Å². The van der Waals surface area contributed by atoms with E-state index in [-0.39, 0.29) is 17.3 Å². The largest absolute Gasteiger partial charge is 0.388 e. The van der Waals surface area contributed by atoms with E-state index in [9.17, 15) is 4.79 Å². The third kappa shape index (κ3) is 3.51. The van der Waals surface area contributed by atoms with Crippen molar-refractivity contribution in [1.82, 2.24) is 4.98 Å². The minimum Gasteiger partial charge on any atom is -0.388 e. The first kappa shape index (κ1) is 11.4. The number of rotatable bonds is 5. The topological polar surface area (TPSA) is 94.0 Å². The Labute approximate surface area is 92.9 Å². The first-order valence-electron chi connectivity index (χ1n) is 4.38. The summed E-state index contributed by atoms with van der Waals surface area (Å²) in [6.07, 6.45) is 1.86. The second kappa shape index (κ2) is 5.26. The van der Waals surface area contributed by atoms with Crippen LogP contribution in [0.2, 0.25) is 0 Å². The summed E-state index contributed by atoms with van der Waals surface area (Å²) in [5.74, 6) is -0.358. The van der Waals surface area contributed by atoms with Crippen LogP contribution in [0.5, 0.6) is 0 Å². The summed E-state index contributed by atoms with van der Waals surface area (Å²) in [4.78, 5) is 14.8. The van der Waals surface area contributed by atoms with Gasteiger partial charge in [0.25, 0.3) is 0 Å². The van der Waals surface area contributed by atoms with Gasteiger partial charge in [0.1, 0.15) is 10.7 Å². The highest BCUT2D eigenvalue weighted by atomic mass is 32.1. The second-order valence-corrected chi connectivity index (χ2v) is 3.35. The van der Waals surface area contributed by atoms with Gasteiger partial charge in [-0.1, -0.05) is 12.2 Å². The molecule has 0 aromatic carbocycles. The van der Waals surface area contributed by atoms with E-state index in [0.717, 1.165) is 0 Å². The molecule has 0 spiro atoms. The Morgan fingerprint density at radius 2 is 2.27 bits per heavy atom. The number of aromatic nitrogens is 1. The highest BCUT2D eigenvalue weighted by Gasteiger charge is 2.05. The number of nitrogens with two attached hydrogens (primary N) is 2. The number of pyridine rings is 1. The molecule has 0 atom stereocenters. The maximum atomic E-state index is 10.5. The Morgan fingerprint density at radius 3 is 2.87 bits per heavy atom. The molecule has 0 aliphatic rings. The number of nitrogens with zero attached hydrogens (tertiary/aromatic N) is 1. The summed E-state index contributed by atoms with van der Waals surface area (Å²) in [5.41, 5.74) is 11.7. The number of thiocarbonyl (C=S) groups is 1. The fraction of sp³-hybridized carbons (Fsp3) is 0.222. The Morgan fingerprint density at radius 1 is 1.53 bits per heavy atom. The molecule has 0 saturated heterocycles. The average Bonchev–Trinajstić information content (AvgIpc) is 2.17. The van der Waals surface area contributed by atoms with Gasteiger partial charge >= 0.3 is 0 Å². The van der Waals surface area contributed by atoms with Crippen LogP contribution in [0.25, 0.3) is 0 Å². The predicted molar refractivity (Wildman–Crippen MR) is 62.4 cm³/mol. The van der Waals surface area contributed by atoms with Crippen molar-refractivity contribution in [2.24, 2.45) is 11.5 Å². The van der Waals surface area contributed by atoms with Gasteiger partial charge in [-0.3, -0.25) is 9.78 Å². The standard InChI is InChI=1S/C9H12N4OS/c10-7(14)3-5-12-6-2-1-4-13-8(6)9(11)15/h1-2,4,12H,3,5H2,(H2,10,14)(H2,11,15). The van der Waals surface area contributed by atoms with Gasteiger partial charge in [-0.15, -0.1) is 0 Å². The molecule has 6 heteroatoms. The summed E-state index contributed by atoms with van der Waals surface area (Å²) >= 11 is 4.84. The van der Waals surface area contributed by atoms with Gasteiger partial charge in [0.05, 0.1) is 5.69 Å². The monoisotopic (exact) mass is 224 g/mol. The van der Waals surface area contributed by atoms with Gasteiger partial charge in [-0.2, -0.15) is 0 Å². The molecular formula is C9H12N4OS. The Balaban J connectivity index is 2.67. The van der Waals surface area contributed by atoms with Crippen molar-refractivity contribution in [2.45, 2.75) is 6.42 Å². The van der Waals surface area contributed by atoms with Crippen molar-refractivity contribution in [1.29, 1.82) is 0 Å². The van der Waals surface area contributed by atoms with Gasteiger partial charge in [-0.25, -0.2) is 0 Å². The summed E-state index contributed by atoms with van der Waals surface area (Å²) in [6, 6.07) is 3.55. The molecule has 0 aliphatic heterocycles. The van der Waals surface area contributed by atoms with Crippen molar-refractivity contribution in [2.75, 3.05) is 11.9 Å². The lowest BCUT2D eigenvalue weighted by Gasteiger charge is -2.08. The summed E-state index contributed by atoms with van der Waals surface area (Å²) in [5, 5.41) is 3.00. The Kier molecular flexibility index (Phi) is 3.99. The molecule has 15 heavy (non-hydrogen) atoms. The van der Waals surface area contributed by atoms with Crippen LogP contribution in [0.4, 0.5) is 5.69 Å². The normalized spacial score (nSPS) is 9.60. The number of primary amides is 1. The fourth-order valence-electron chi connectivity index (χ4n) is 1.06. The molecule has 0 bridgehead atoms. The van der Waals surface area contributed by atoms with E-state index in [2.05, 4.69) is 10.3 Å². The second-order valence-electron chi connectivity index (χ2n) is 2.91. The lowest BCUT2D eigenvalue weighted by molar-refractivity contribution is -0.117. The van der Waals surface area contributed by atoms with Crippen LogP contribution in [0.3, 0.4) is 0 Å². The molecule has 0 unspecified atom stereocenters. The Bertz CT molecular complexity index is 380. The van der Waals surface area contributed by atoms with E-state index < -0.39 is 0 Å². The number of nitrogens with one attached hydrogen (secondary N) is 1. The van der Waals surface area contributed by atoms with Crippen LogP contribution < -0.4 is 16.8 Å². The van der Waals surface area contributed by atoms with Crippen LogP contribution in [0.1, 0.15) is 12.1 Å². The Hall–Kier alpha value is -1.69. The van der Waals surface area contributed by atoms with Crippen molar-refractivity contribution < 1.29 is 4.79 Å². The molecule has 5 N–H and O–H groups in total. The predicted octanol–water partition coefficient (Wildman–Crippen LogP) is 0.00310. The maximum absolute atomic E-state index is 10.5. The zero-order valence-corrected chi connectivity index (χ0v) is 8.88. The zero-order valence-electron chi connectivity index (χ0n) is 8.06. The van der Waals surface area contributed by atoms with Crippen LogP contribution in [0, 0.1) is 0 Å². The molecule has 1 aromatic heterocycles. The van der Waals surface area contributed by atoms with Gasteiger partial charge in [0, 0.05) is 19.2 Å². The average molecular weight is 224 g/mol. The molecular weight excluding hydrogens is 212 g/mol. The van der Waals surface area contributed by atoms with Crippen LogP contribution in [-0.4, -0.2) is 22.4 Å². The van der Waals surface area contributed by atoms with Crippen LogP contribution >= 0.6 is 12.2 Å². The number of hydrogen-bond donors (Lipinski definition) is 3. The van der Waals surface area contributed by atoms with Crippen molar-refractivity contribution >= 4 is 28.8 Å². The fourth-order valence-corrected chi connectivity index (χ4v) is 1.23. The highest BCUT2D eigenvalue weighted by Crippen LogP contribution is 2.11. The van der Waals surface area contributed by atoms with Crippen molar-refractivity contribution in [3.05, 3.63) is 24.0 Å². The molecule has 1 aromatic rings. The minimum absolute atomic E-state index is 0.220. The third-order valence-electron chi connectivity index (χ3n) is 1.73. The summed E-state index contributed by atoms with van der Waals surface area (Å²) < 4.78 is 0. The number of hydrogen-bond acceptors (Lipinski definition) is 4. The quantitative estimate of drug-likeness (QED) is 0.612.